The van der Waals surface area contributed by atoms with Gasteiger partial charge in [0.15, 0.2) is 0 Å². The fourth-order valence-corrected chi connectivity index (χ4v) is 8.30. The van der Waals surface area contributed by atoms with Crippen LogP contribution >= 0.6 is 0 Å². The first-order chi connectivity index (χ1) is 32.0. The van der Waals surface area contributed by atoms with Crippen LogP contribution in [0.1, 0.15) is 37.1 Å². The van der Waals surface area contributed by atoms with Crippen LogP contribution in [0.25, 0.3) is 45.0 Å². The van der Waals surface area contributed by atoms with E-state index in [1.807, 2.05) is 91.3 Å². The zero-order valence-corrected chi connectivity index (χ0v) is 36.0. The van der Waals surface area contributed by atoms with E-state index in [0.29, 0.717) is 70.0 Å². The lowest BCUT2D eigenvalue weighted by molar-refractivity contribution is -0.0294. The Morgan fingerprint density at radius 1 is 0.545 bits per heavy atom. The molecular weight excluding hydrogens is 843 g/mol. The van der Waals surface area contributed by atoms with E-state index in [1.54, 1.807) is 46.0 Å². The number of anilines is 2. The lowest BCUT2D eigenvalue weighted by Gasteiger charge is -2.28. The lowest BCUT2D eigenvalue weighted by Crippen LogP contribution is -2.44. The lowest BCUT2D eigenvalue weighted by atomic mass is 10.0. The number of allylic oxidation sites excluding steroid dienone is 2. The minimum Gasteiger partial charge on any atom is -0.388 e. The van der Waals surface area contributed by atoms with Crippen LogP contribution in [-0.2, 0) is 26.2 Å². The zero-order chi connectivity index (χ0) is 45.9. The number of nitrogens with zero attached hydrogens (tertiary/aromatic N) is 8. The molecule has 0 amide bonds. The number of nitrogens with one attached hydrogen (secondary N) is 2. The third kappa shape index (κ3) is 8.83. The molecule has 10 rings (SSSR count). The van der Waals surface area contributed by atoms with E-state index < -0.39 is 18.0 Å². The second-order valence-corrected chi connectivity index (χ2v) is 16.1. The van der Waals surface area contributed by atoms with Gasteiger partial charge in [-0.3, -0.25) is 19.0 Å². The summed E-state index contributed by atoms with van der Waals surface area (Å²) in [4.78, 5) is 44.8. The van der Waals surface area contributed by atoms with Crippen molar-refractivity contribution < 1.29 is 19.0 Å². The molecule has 0 saturated carbocycles. The van der Waals surface area contributed by atoms with E-state index in [9.17, 15) is 28.6 Å². The van der Waals surface area contributed by atoms with Crippen molar-refractivity contribution >= 4 is 11.9 Å². The molecule has 0 aliphatic carbocycles. The van der Waals surface area contributed by atoms with Crippen molar-refractivity contribution in [1.29, 1.82) is 0 Å². The molecule has 0 bridgehead atoms. The SMILES string of the molecule is C[C@H](Nc1nccc(-c2c(-c3ccc(F)cc3)c(=O)n3n2CC(O)C(O)C3)n1)c1ccccc1.C[C@H](Nc1nccc(-c2c(-c3ccc(F)cc3)c(=O)n3n2CC=CC3)n1)c1ccccc1. The first kappa shape index (κ1) is 43.4. The van der Waals surface area contributed by atoms with Gasteiger partial charge in [-0.05, 0) is 72.5 Å². The van der Waals surface area contributed by atoms with Crippen LogP contribution in [0.2, 0.25) is 0 Å². The molecule has 4 aromatic heterocycles. The van der Waals surface area contributed by atoms with E-state index in [0.717, 1.165) is 11.1 Å². The standard InChI is InChI=1S/C25H24FN5O3.C25H22FN5O/c1-15(16-5-3-2-4-6-16)28-25-27-12-11-19(29-25)23-22(17-7-9-18(26)10-8-17)24(34)31-14-21(33)20(32)13-30(23)31;1-17(18-7-3-2-4-8-18)28-25-27-14-13-21(29-25)23-22(19-9-11-20(26)12-10-19)24(32)31-16-6-5-15-30(23)31/h2-12,15,20-21,32-33H,13-14H2,1H3,(H,27,28,29);2-14,17H,15-16H2,1H3,(H,27,28,29)/t15-,20?,21?;17-/m00/s1. The summed E-state index contributed by atoms with van der Waals surface area (Å²) < 4.78 is 33.8. The second-order valence-electron chi connectivity index (χ2n) is 16.1. The van der Waals surface area contributed by atoms with Gasteiger partial charge in [0.05, 0.1) is 72.2 Å². The van der Waals surface area contributed by atoms with Gasteiger partial charge in [-0.25, -0.2) is 38.1 Å². The van der Waals surface area contributed by atoms with Gasteiger partial charge in [-0.15, -0.1) is 0 Å². The van der Waals surface area contributed by atoms with Crippen molar-refractivity contribution in [3.05, 3.63) is 189 Å². The Bertz CT molecular complexity index is 3130. The quantitative estimate of drug-likeness (QED) is 0.101. The highest BCUT2D eigenvalue weighted by molar-refractivity contribution is 5.81. The van der Waals surface area contributed by atoms with Crippen molar-refractivity contribution in [3.63, 3.8) is 0 Å². The number of rotatable bonds is 10. The molecule has 6 heterocycles. The predicted molar refractivity (Wildman–Crippen MR) is 248 cm³/mol. The van der Waals surface area contributed by atoms with Crippen molar-refractivity contribution in [2.75, 3.05) is 10.6 Å². The van der Waals surface area contributed by atoms with Gasteiger partial charge in [-0.1, -0.05) is 97.1 Å². The number of aliphatic hydroxyl groups is 2. The minimum absolute atomic E-state index is 0.0108. The van der Waals surface area contributed by atoms with Crippen LogP contribution in [0, 0.1) is 11.6 Å². The summed E-state index contributed by atoms with van der Waals surface area (Å²) in [6.45, 7) is 5.03. The van der Waals surface area contributed by atoms with E-state index >= 15 is 0 Å². The maximum absolute atomic E-state index is 13.6. The first-order valence-corrected chi connectivity index (χ1v) is 21.5. The van der Waals surface area contributed by atoms with Crippen LogP contribution in [0.3, 0.4) is 0 Å². The van der Waals surface area contributed by atoms with Crippen LogP contribution in [-0.4, -0.2) is 61.1 Å². The summed E-state index contributed by atoms with van der Waals surface area (Å²) in [7, 11) is 0. The normalized spacial score (nSPS) is 16.0. The Morgan fingerprint density at radius 3 is 1.42 bits per heavy atom. The van der Waals surface area contributed by atoms with E-state index in [2.05, 4.69) is 25.6 Å². The van der Waals surface area contributed by atoms with Gasteiger partial charge in [0.1, 0.15) is 23.8 Å². The Kier molecular flexibility index (Phi) is 12.3. The molecule has 4 aromatic carbocycles. The van der Waals surface area contributed by atoms with Crippen molar-refractivity contribution in [2.45, 2.75) is 64.3 Å². The minimum atomic E-state index is -1.07. The number of hydrogen-bond acceptors (Lipinski definition) is 10. The summed E-state index contributed by atoms with van der Waals surface area (Å²) in [5.74, 6) is 0.0969. The Hall–Kier alpha value is -7.82. The summed E-state index contributed by atoms with van der Waals surface area (Å²) in [5.41, 5.74) is 6.00. The second kappa shape index (κ2) is 18.7. The topological polar surface area (TPSA) is 170 Å². The number of fused-ring (bicyclic) bond motifs is 2. The Labute approximate surface area is 377 Å². The van der Waals surface area contributed by atoms with Crippen LogP contribution in [0.5, 0.6) is 0 Å². The Morgan fingerprint density at radius 2 is 0.955 bits per heavy atom. The highest BCUT2D eigenvalue weighted by Gasteiger charge is 2.32. The summed E-state index contributed by atoms with van der Waals surface area (Å²) in [6, 6.07) is 35.0. The van der Waals surface area contributed by atoms with Gasteiger partial charge in [0.2, 0.25) is 11.9 Å². The fourth-order valence-electron chi connectivity index (χ4n) is 8.30. The molecule has 4 N–H and O–H groups in total. The molecule has 66 heavy (non-hydrogen) atoms. The molecule has 14 nitrogen and oxygen atoms in total. The number of hydrogen-bond donors (Lipinski definition) is 4. The van der Waals surface area contributed by atoms with Gasteiger partial charge in [0, 0.05) is 12.4 Å². The van der Waals surface area contributed by atoms with E-state index in [1.165, 1.54) is 41.1 Å². The smallest absolute Gasteiger partial charge is 0.275 e. The van der Waals surface area contributed by atoms with E-state index in [4.69, 9.17) is 4.98 Å². The number of aliphatic hydroxyl groups excluding tert-OH is 2. The first-order valence-electron chi connectivity index (χ1n) is 21.5. The molecule has 0 saturated heterocycles. The number of halogens is 2. The van der Waals surface area contributed by atoms with Crippen molar-refractivity contribution in [2.24, 2.45) is 0 Å². The molecule has 4 atom stereocenters. The summed E-state index contributed by atoms with van der Waals surface area (Å²) in [6.07, 6.45) is 5.17. The van der Waals surface area contributed by atoms with Gasteiger partial charge in [-0.2, -0.15) is 0 Å². The van der Waals surface area contributed by atoms with Crippen molar-refractivity contribution in [1.82, 2.24) is 38.7 Å². The number of aromatic nitrogens is 8. The maximum atomic E-state index is 13.6. The maximum Gasteiger partial charge on any atom is 0.275 e. The molecule has 0 fully saturated rings. The average Bonchev–Trinajstić information content (AvgIpc) is 3.79. The third-order valence-electron chi connectivity index (χ3n) is 11.7. The molecule has 16 heteroatoms. The third-order valence-corrected chi connectivity index (χ3v) is 11.7. The van der Waals surface area contributed by atoms with Gasteiger partial charge >= 0.3 is 0 Å². The van der Waals surface area contributed by atoms with Gasteiger partial charge in [0.25, 0.3) is 11.1 Å². The van der Waals surface area contributed by atoms with Gasteiger partial charge < -0.3 is 20.8 Å². The molecule has 2 aliphatic heterocycles. The zero-order valence-electron chi connectivity index (χ0n) is 36.0. The van der Waals surface area contributed by atoms with Crippen LogP contribution in [0.4, 0.5) is 20.7 Å². The fraction of sp³-hybridized carbons (Fsp3) is 0.200. The molecule has 0 spiro atoms. The molecule has 2 aliphatic rings. The monoisotopic (exact) mass is 888 g/mol. The molecule has 2 unspecified atom stereocenters. The summed E-state index contributed by atoms with van der Waals surface area (Å²) >= 11 is 0. The molecular formula is C50H46F2N10O4. The average molecular weight is 889 g/mol. The highest BCUT2D eigenvalue weighted by Crippen LogP contribution is 2.33. The van der Waals surface area contributed by atoms with E-state index in [-0.39, 0.29) is 42.1 Å². The predicted octanol–water partition coefficient (Wildman–Crippen LogP) is 7.48. The molecule has 0 radical (unpaired) electrons. The van der Waals surface area contributed by atoms with Crippen LogP contribution < -0.4 is 21.8 Å². The Balaban J connectivity index is 0.000000166. The van der Waals surface area contributed by atoms with Crippen LogP contribution in [0.15, 0.2) is 155 Å². The summed E-state index contributed by atoms with van der Waals surface area (Å²) in [5, 5.41) is 27.1. The largest absolute Gasteiger partial charge is 0.388 e. The van der Waals surface area contributed by atoms with Crippen molar-refractivity contribution in [3.8, 4) is 45.0 Å². The highest BCUT2D eigenvalue weighted by atomic mass is 19.1. The molecule has 8 aromatic rings. The molecule has 334 valence electrons. The number of benzene rings is 4.